The molecule has 0 radical (unpaired) electrons. The number of rotatable bonds is 3. The van der Waals surface area contributed by atoms with Crippen LogP contribution in [0.4, 0.5) is 5.69 Å². The van der Waals surface area contributed by atoms with Gasteiger partial charge in [-0.3, -0.25) is 0 Å². The van der Waals surface area contributed by atoms with Crippen molar-refractivity contribution in [1.82, 2.24) is 5.32 Å². The van der Waals surface area contributed by atoms with Crippen LogP contribution in [0, 0.1) is 0 Å². The zero-order valence-corrected chi connectivity index (χ0v) is 12.1. The van der Waals surface area contributed by atoms with Gasteiger partial charge >= 0.3 is 0 Å². The molecule has 0 aliphatic carbocycles. The maximum Gasteiger partial charge on any atom is 0.171 e. The van der Waals surface area contributed by atoms with E-state index in [0.29, 0.717) is 10.1 Å². The fraction of sp³-hybridized carbons (Fsp3) is 0.133. The molecule has 0 aromatic heterocycles. The molecule has 0 aliphatic heterocycles. The van der Waals surface area contributed by atoms with E-state index in [1.807, 2.05) is 42.5 Å². The largest absolute Gasteiger partial charge is 0.356 e. The minimum atomic E-state index is 0.142. The lowest BCUT2D eigenvalue weighted by molar-refractivity contribution is 0.722. The number of benzene rings is 2. The van der Waals surface area contributed by atoms with Gasteiger partial charge in [-0.25, -0.2) is 0 Å². The van der Waals surface area contributed by atoms with Crippen LogP contribution in [0.5, 0.6) is 0 Å². The third-order valence-corrected chi connectivity index (χ3v) is 3.32. The van der Waals surface area contributed by atoms with Gasteiger partial charge in [-0.2, -0.15) is 0 Å². The van der Waals surface area contributed by atoms with Gasteiger partial charge in [0.1, 0.15) is 0 Å². The molecule has 0 amide bonds. The highest BCUT2D eigenvalue weighted by molar-refractivity contribution is 7.80. The number of halogens is 1. The first-order valence-corrected chi connectivity index (χ1v) is 6.82. The maximum absolute atomic E-state index is 6.07. The summed E-state index contributed by atoms with van der Waals surface area (Å²) in [5, 5.41) is 7.54. The predicted octanol–water partition coefficient (Wildman–Crippen LogP) is 4.39. The molecule has 2 rings (SSSR count). The van der Waals surface area contributed by atoms with Gasteiger partial charge in [0, 0.05) is 0 Å². The highest BCUT2D eigenvalue weighted by Gasteiger charge is 2.07. The molecule has 2 aromatic carbocycles. The Balaban J connectivity index is 1.97. The van der Waals surface area contributed by atoms with Crippen molar-refractivity contribution in [3.05, 3.63) is 65.2 Å². The molecule has 0 saturated heterocycles. The van der Waals surface area contributed by atoms with E-state index < -0.39 is 0 Å². The molecule has 0 aliphatic rings. The van der Waals surface area contributed by atoms with Crippen molar-refractivity contribution < 1.29 is 0 Å². The van der Waals surface area contributed by atoms with Crippen LogP contribution in [0.2, 0.25) is 5.02 Å². The Labute approximate surface area is 123 Å². The molecule has 0 heterocycles. The lowest BCUT2D eigenvalue weighted by Crippen LogP contribution is -2.30. The molecule has 0 saturated carbocycles. The van der Waals surface area contributed by atoms with Gasteiger partial charge < -0.3 is 10.6 Å². The zero-order chi connectivity index (χ0) is 13.7. The van der Waals surface area contributed by atoms with Crippen molar-refractivity contribution >= 4 is 34.6 Å². The summed E-state index contributed by atoms with van der Waals surface area (Å²) in [6.07, 6.45) is 0. The van der Waals surface area contributed by atoms with Gasteiger partial charge in [0.05, 0.1) is 16.8 Å². The topological polar surface area (TPSA) is 24.1 Å². The van der Waals surface area contributed by atoms with Crippen molar-refractivity contribution in [1.29, 1.82) is 0 Å². The van der Waals surface area contributed by atoms with E-state index in [1.165, 1.54) is 5.56 Å². The van der Waals surface area contributed by atoms with Crippen LogP contribution < -0.4 is 10.6 Å². The minimum Gasteiger partial charge on any atom is -0.356 e. The van der Waals surface area contributed by atoms with Gasteiger partial charge in [0.25, 0.3) is 0 Å². The summed E-state index contributed by atoms with van der Waals surface area (Å²) in [6, 6.07) is 17.8. The van der Waals surface area contributed by atoms with Crippen molar-refractivity contribution in [2.45, 2.75) is 13.0 Å². The van der Waals surface area contributed by atoms with Gasteiger partial charge in [0.15, 0.2) is 5.11 Å². The lowest BCUT2D eigenvalue weighted by atomic mass is 10.1. The Bertz CT molecular complexity index is 557. The Morgan fingerprint density at radius 1 is 1.05 bits per heavy atom. The third kappa shape index (κ3) is 3.94. The van der Waals surface area contributed by atoms with Gasteiger partial charge in [-0.15, -0.1) is 0 Å². The number of nitrogens with one attached hydrogen (secondary N) is 2. The first-order chi connectivity index (χ1) is 9.16. The SMILES string of the molecule is CC(NC(=S)Nc1ccccc1Cl)c1ccccc1. The normalized spacial score (nSPS) is 11.7. The standard InChI is InChI=1S/C15H15ClN2S/c1-11(12-7-3-2-4-8-12)17-15(19)18-14-10-6-5-9-13(14)16/h2-11H,1H3,(H2,17,18,19). The van der Waals surface area contributed by atoms with Gasteiger partial charge in [0.2, 0.25) is 0 Å². The second-order valence-corrected chi connectivity index (χ2v) is 5.03. The summed E-state index contributed by atoms with van der Waals surface area (Å²) in [5.74, 6) is 0. The minimum absolute atomic E-state index is 0.142. The molecule has 4 heteroatoms. The average Bonchev–Trinajstić information content (AvgIpc) is 2.42. The maximum atomic E-state index is 6.07. The first kappa shape index (κ1) is 13.8. The van der Waals surface area contributed by atoms with Crippen LogP contribution in [0.15, 0.2) is 54.6 Å². The molecule has 2 aromatic rings. The zero-order valence-electron chi connectivity index (χ0n) is 10.6. The quantitative estimate of drug-likeness (QED) is 0.820. The number of para-hydroxylation sites is 1. The summed E-state index contributed by atoms with van der Waals surface area (Å²) >= 11 is 11.4. The van der Waals surface area contributed by atoms with E-state index >= 15 is 0 Å². The molecule has 2 nitrogen and oxygen atoms in total. The molecular weight excluding hydrogens is 276 g/mol. The van der Waals surface area contributed by atoms with Crippen molar-refractivity contribution in [2.24, 2.45) is 0 Å². The summed E-state index contributed by atoms with van der Waals surface area (Å²) in [6.45, 7) is 2.07. The summed E-state index contributed by atoms with van der Waals surface area (Å²) in [5.41, 5.74) is 1.99. The number of anilines is 1. The summed E-state index contributed by atoms with van der Waals surface area (Å²) < 4.78 is 0. The Morgan fingerprint density at radius 3 is 2.37 bits per heavy atom. The molecule has 0 spiro atoms. The summed E-state index contributed by atoms with van der Waals surface area (Å²) in [4.78, 5) is 0. The summed E-state index contributed by atoms with van der Waals surface area (Å²) in [7, 11) is 0. The van der Waals surface area contributed by atoms with E-state index in [1.54, 1.807) is 0 Å². The molecule has 2 N–H and O–H groups in total. The van der Waals surface area contributed by atoms with Crippen molar-refractivity contribution in [2.75, 3.05) is 5.32 Å². The fourth-order valence-corrected chi connectivity index (χ4v) is 2.21. The van der Waals surface area contributed by atoms with E-state index in [9.17, 15) is 0 Å². The second kappa shape index (κ2) is 6.55. The first-order valence-electron chi connectivity index (χ1n) is 6.04. The van der Waals surface area contributed by atoms with E-state index in [4.69, 9.17) is 23.8 Å². The highest BCUT2D eigenvalue weighted by atomic mass is 35.5. The second-order valence-electron chi connectivity index (χ2n) is 4.21. The van der Waals surface area contributed by atoms with Crippen LogP contribution in [0.3, 0.4) is 0 Å². The van der Waals surface area contributed by atoms with Crippen molar-refractivity contribution in [3.8, 4) is 0 Å². The Morgan fingerprint density at radius 2 is 1.68 bits per heavy atom. The van der Waals surface area contributed by atoms with Gasteiger partial charge in [-0.1, -0.05) is 54.1 Å². The Hall–Kier alpha value is -1.58. The van der Waals surface area contributed by atoms with E-state index in [2.05, 4.69) is 29.7 Å². The Kier molecular flexibility index (Phi) is 4.77. The van der Waals surface area contributed by atoms with Crippen LogP contribution in [0.25, 0.3) is 0 Å². The van der Waals surface area contributed by atoms with Crippen LogP contribution in [0.1, 0.15) is 18.5 Å². The van der Waals surface area contributed by atoms with Crippen LogP contribution in [-0.2, 0) is 0 Å². The van der Waals surface area contributed by atoms with Crippen LogP contribution in [-0.4, -0.2) is 5.11 Å². The molecule has 98 valence electrons. The number of thiocarbonyl (C=S) groups is 1. The highest BCUT2D eigenvalue weighted by Crippen LogP contribution is 2.20. The smallest absolute Gasteiger partial charge is 0.171 e. The molecule has 19 heavy (non-hydrogen) atoms. The molecule has 0 fully saturated rings. The molecular formula is C15H15ClN2S. The van der Waals surface area contributed by atoms with E-state index in [-0.39, 0.29) is 6.04 Å². The van der Waals surface area contributed by atoms with E-state index in [0.717, 1.165) is 5.69 Å². The predicted molar refractivity (Wildman–Crippen MR) is 85.7 cm³/mol. The molecule has 0 bridgehead atoms. The fourth-order valence-electron chi connectivity index (χ4n) is 1.74. The number of hydrogen-bond acceptors (Lipinski definition) is 1. The third-order valence-electron chi connectivity index (χ3n) is 2.77. The van der Waals surface area contributed by atoms with Gasteiger partial charge in [-0.05, 0) is 36.8 Å². The average molecular weight is 291 g/mol. The molecule has 1 unspecified atom stereocenters. The number of hydrogen-bond donors (Lipinski definition) is 2. The monoisotopic (exact) mass is 290 g/mol. The lowest BCUT2D eigenvalue weighted by Gasteiger charge is -2.17. The molecule has 1 atom stereocenters. The van der Waals surface area contributed by atoms with Crippen molar-refractivity contribution in [3.63, 3.8) is 0 Å². The van der Waals surface area contributed by atoms with Crippen LogP contribution >= 0.6 is 23.8 Å².